The molecule has 0 saturated carbocycles. The van der Waals surface area contributed by atoms with Gasteiger partial charge in [0.15, 0.2) is 11.5 Å². The van der Waals surface area contributed by atoms with Crippen LogP contribution in [-0.2, 0) is 21.5 Å². The van der Waals surface area contributed by atoms with Crippen LogP contribution in [0.3, 0.4) is 0 Å². The molecule has 4 rings (SSSR count). The number of nitrogens with zero attached hydrogens (tertiary/aromatic N) is 3. The van der Waals surface area contributed by atoms with E-state index in [1.807, 2.05) is 53.1 Å². The van der Waals surface area contributed by atoms with Crippen LogP contribution >= 0.6 is 15.9 Å². The number of aromatic nitrogens is 3. The summed E-state index contributed by atoms with van der Waals surface area (Å²) in [5.41, 5.74) is 1.22. The predicted octanol–water partition coefficient (Wildman–Crippen LogP) is 2.86. The number of amides is 1. The fourth-order valence-electron chi connectivity index (χ4n) is 3.48. The van der Waals surface area contributed by atoms with Gasteiger partial charge in [0.25, 0.3) is 0 Å². The first-order chi connectivity index (χ1) is 12.7. The van der Waals surface area contributed by atoms with Crippen molar-refractivity contribution in [3.8, 4) is 0 Å². The molecule has 1 aliphatic rings. The molecule has 134 valence electrons. The van der Waals surface area contributed by atoms with E-state index >= 15 is 0 Å². The molecule has 1 amide bonds. The maximum Gasteiger partial charge on any atom is 0.231 e. The third kappa shape index (κ3) is 3.12. The molecule has 1 saturated heterocycles. The third-order valence-electron chi connectivity index (χ3n) is 4.97. The fraction of sp³-hybridized carbons (Fsp3) is 0.316. The maximum atomic E-state index is 13.2. The molecule has 3 aromatic rings. The topological polar surface area (TPSA) is 68.5 Å². The van der Waals surface area contributed by atoms with Gasteiger partial charge in [0, 0.05) is 23.9 Å². The van der Waals surface area contributed by atoms with E-state index in [9.17, 15) is 4.79 Å². The number of rotatable bonds is 4. The number of carbonyl (C=O) groups is 1. The van der Waals surface area contributed by atoms with Gasteiger partial charge >= 0.3 is 0 Å². The Kier molecular flexibility index (Phi) is 4.74. The molecule has 6 nitrogen and oxygen atoms in total. The molecule has 7 heteroatoms. The Hall–Kier alpha value is -2.25. The van der Waals surface area contributed by atoms with Crippen LogP contribution in [0, 0.1) is 0 Å². The second-order valence-electron chi connectivity index (χ2n) is 6.43. The largest absolute Gasteiger partial charge is 0.381 e. The van der Waals surface area contributed by atoms with Crippen molar-refractivity contribution in [3.05, 3.63) is 64.5 Å². The Bertz CT molecular complexity index is 917. The Morgan fingerprint density at radius 3 is 2.69 bits per heavy atom. The molecular weight excluding hydrogens is 396 g/mol. The lowest BCUT2D eigenvalue weighted by molar-refractivity contribution is -0.130. The number of hydrogen-bond donors (Lipinski definition) is 1. The number of carbonyl (C=O) groups excluding carboxylic acids is 1. The van der Waals surface area contributed by atoms with Gasteiger partial charge in [0.05, 0.1) is 12.0 Å². The van der Waals surface area contributed by atoms with Crippen molar-refractivity contribution in [2.24, 2.45) is 0 Å². The third-order valence-corrected chi connectivity index (χ3v) is 5.50. The van der Waals surface area contributed by atoms with Crippen LogP contribution < -0.4 is 5.32 Å². The van der Waals surface area contributed by atoms with E-state index in [4.69, 9.17) is 4.74 Å². The number of pyridine rings is 1. The summed E-state index contributed by atoms with van der Waals surface area (Å²) in [5, 5.41) is 11.4. The lowest BCUT2D eigenvalue weighted by Gasteiger charge is -2.36. The maximum absolute atomic E-state index is 13.2. The fourth-order valence-corrected chi connectivity index (χ4v) is 3.74. The molecule has 0 bridgehead atoms. The minimum Gasteiger partial charge on any atom is -0.381 e. The van der Waals surface area contributed by atoms with Gasteiger partial charge in [0.2, 0.25) is 5.91 Å². The van der Waals surface area contributed by atoms with Crippen molar-refractivity contribution in [2.45, 2.75) is 24.8 Å². The predicted molar refractivity (Wildman–Crippen MR) is 101 cm³/mol. The normalized spacial score (nSPS) is 16.5. The van der Waals surface area contributed by atoms with Crippen molar-refractivity contribution < 1.29 is 9.53 Å². The number of benzene rings is 1. The first kappa shape index (κ1) is 17.2. The van der Waals surface area contributed by atoms with E-state index in [1.165, 1.54) is 0 Å². The number of ether oxygens (including phenoxy) is 1. The molecule has 1 fully saturated rings. The standard InChI is InChI=1S/C19H19BrN4O2/c20-15-6-4-14(5-7-15)19(8-11-26-12-9-19)18(25)21-13-17-23-22-16-3-1-2-10-24(16)17/h1-7,10H,8-9,11-13H2,(H,21,25). The van der Waals surface area contributed by atoms with E-state index in [1.54, 1.807) is 0 Å². The van der Waals surface area contributed by atoms with Crippen molar-refractivity contribution in [2.75, 3.05) is 13.2 Å². The smallest absolute Gasteiger partial charge is 0.231 e. The molecule has 0 spiro atoms. The van der Waals surface area contributed by atoms with E-state index < -0.39 is 5.41 Å². The van der Waals surface area contributed by atoms with Crippen LogP contribution in [0.15, 0.2) is 53.1 Å². The Labute approximate surface area is 159 Å². The van der Waals surface area contributed by atoms with Crippen LogP contribution in [0.2, 0.25) is 0 Å². The van der Waals surface area contributed by atoms with Crippen LogP contribution in [0.4, 0.5) is 0 Å². The first-order valence-electron chi connectivity index (χ1n) is 8.60. The van der Waals surface area contributed by atoms with Crippen LogP contribution in [0.25, 0.3) is 5.65 Å². The van der Waals surface area contributed by atoms with Crippen molar-refractivity contribution >= 4 is 27.5 Å². The highest BCUT2D eigenvalue weighted by Gasteiger charge is 2.41. The minimum atomic E-state index is -0.570. The zero-order valence-corrected chi connectivity index (χ0v) is 15.8. The van der Waals surface area contributed by atoms with Gasteiger partial charge in [-0.25, -0.2) is 0 Å². The van der Waals surface area contributed by atoms with Gasteiger partial charge in [0.1, 0.15) is 0 Å². The highest BCUT2D eigenvalue weighted by atomic mass is 79.9. The summed E-state index contributed by atoms with van der Waals surface area (Å²) in [4.78, 5) is 13.2. The average molecular weight is 415 g/mol. The molecule has 2 aromatic heterocycles. The summed E-state index contributed by atoms with van der Waals surface area (Å²) in [5.74, 6) is 0.725. The van der Waals surface area contributed by atoms with Gasteiger partial charge in [-0.3, -0.25) is 9.20 Å². The van der Waals surface area contributed by atoms with E-state index in [-0.39, 0.29) is 5.91 Å². The summed E-state index contributed by atoms with van der Waals surface area (Å²) in [6.45, 7) is 1.50. The zero-order valence-electron chi connectivity index (χ0n) is 14.2. The van der Waals surface area contributed by atoms with Crippen molar-refractivity contribution in [1.29, 1.82) is 0 Å². The van der Waals surface area contributed by atoms with Crippen LogP contribution in [0.1, 0.15) is 24.2 Å². The molecule has 0 unspecified atom stereocenters. The van der Waals surface area contributed by atoms with Crippen molar-refractivity contribution in [3.63, 3.8) is 0 Å². The van der Waals surface area contributed by atoms with Gasteiger partial charge in [-0.15, -0.1) is 10.2 Å². The summed E-state index contributed by atoms with van der Waals surface area (Å²) < 4.78 is 8.40. The number of hydrogen-bond acceptors (Lipinski definition) is 4. The molecule has 3 heterocycles. The second-order valence-corrected chi connectivity index (χ2v) is 7.34. The van der Waals surface area contributed by atoms with Gasteiger partial charge in [-0.2, -0.15) is 0 Å². The summed E-state index contributed by atoms with van der Waals surface area (Å²) in [6.07, 6.45) is 3.23. The zero-order chi connectivity index (χ0) is 18.0. The Balaban J connectivity index is 1.58. The Morgan fingerprint density at radius 2 is 1.92 bits per heavy atom. The van der Waals surface area contributed by atoms with E-state index in [0.717, 1.165) is 15.7 Å². The summed E-state index contributed by atoms with van der Waals surface area (Å²) in [6, 6.07) is 13.7. The minimum absolute atomic E-state index is 0.0100. The second kappa shape index (κ2) is 7.17. The first-order valence-corrected chi connectivity index (χ1v) is 9.39. The monoisotopic (exact) mass is 414 g/mol. The lowest BCUT2D eigenvalue weighted by atomic mass is 9.73. The van der Waals surface area contributed by atoms with Crippen LogP contribution in [0.5, 0.6) is 0 Å². The van der Waals surface area contributed by atoms with Crippen molar-refractivity contribution in [1.82, 2.24) is 19.9 Å². The van der Waals surface area contributed by atoms with Gasteiger partial charge < -0.3 is 10.1 Å². The van der Waals surface area contributed by atoms with Crippen LogP contribution in [-0.4, -0.2) is 33.7 Å². The molecule has 1 aliphatic heterocycles. The van der Waals surface area contributed by atoms with Gasteiger partial charge in [-0.1, -0.05) is 34.1 Å². The highest BCUT2D eigenvalue weighted by Crippen LogP contribution is 2.35. The highest BCUT2D eigenvalue weighted by molar-refractivity contribution is 9.10. The molecule has 0 aliphatic carbocycles. The van der Waals surface area contributed by atoms with E-state index in [0.29, 0.717) is 38.4 Å². The number of nitrogens with one attached hydrogen (secondary N) is 1. The van der Waals surface area contributed by atoms with Gasteiger partial charge in [-0.05, 0) is 42.7 Å². The Morgan fingerprint density at radius 1 is 1.15 bits per heavy atom. The molecule has 26 heavy (non-hydrogen) atoms. The van der Waals surface area contributed by atoms with E-state index in [2.05, 4.69) is 31.4 Å². The molecule has 1 N–H and O–H groups in total. The average Bonchev–Trinajstić information content (AvgIpc) is 3.10. The SMILES string of the molecule is O=C(NCc1nnc2ccccn12)C1(c2ccc(Br)cc2)CCOCC1. The lowest BCUT2D eigenvalue weighted by Crippen LogP contribution is -2.48. The molecule has 1 aromatic carbocycles. The quantitative estimate of drug-likeness (QED) is 0.712. The molecule has 0 atom stereocenters. The summed E-state index contributed by atoms with van der Waals surface area (Å²) in [7, 11) is 0. The molecular formula is C19H19BrN4O2. The number of halogens is 1. The molecule has 0 radical (unpaired) electrons. The summed E-state index contributed by atoms with van der Waals surface area (Å²) >= 11 is 3.46. The number of fused-ring (bicyclic) bond motifs is 1.